The molecule has 2 aliphatic heterocycles. The number of hydrogen-bond acceptors (Lipinski definition) is 6. The normalized spacial score (nSPS) is 24.5. The minimum absolute atomic E-state index is 0.131. The van der Waals surface area contributed by atoms with E-state index in [0.717, 1.165) is 25.0 Å². The molecule has 0 N–H and O–H groups in total. The van der Waals surface area contributed by atoms with Gasteiger partial charge in [0.1, 0.15) is 0 Å². The molecule has 2 saturated heterocycles. The van der Waals surface area contributed by atoms with Gasteiger partial charge in [-0.15, -0.1) is 0 Å². The minimum atomic E-state index is -3.95. The summed E-state index contributed by atoms with van der Waals surface area (Å²) in [6.45, 7) is 0.906. The molecule has 0 aliphatic carbocycles. The van der Waals surface area contributed by atoms with Gasteiger partial charge in [-0.2, -0.15) is 16.1 Å². The van der Waals surface area contributed by atoms with Gasteiger partial charge in [-0.25, -0.2) is 8.42 Å². The highest BCUT2D eigenvalue weighted by Crippen LogP contribution is 2.32. The Morgan fingerprint density at radius 2 is 2.12 bits per heavy atom. The van der Waals surface area contributed by atoms with Crippen LogP contribution in [0.5, 0.6) is 0 Å². The third-order valence-electron chi connectivity index (χ3n) is 4.37. The van der Waals surface area contributed by atoms with Crippen molar-refractivity contribution >= 4 is 27.5 Å². The monoisotopic (exact) mass is 372 g/mol. The second-order valence-corrected chi connectivity index (χ2v) is 8.96. The van der Waals surface area contributed by atoms with Crippen LogP contribution in [0.15, 0.2) is 29.2 Å². The van der Waals surface area contributed by atoms with E-state index in [9.17, 15) is 18.5 Å². The Morgan fingerprint density at radius 3 is 2.75 bits per heavy atom. The number of hydrogen-bond donors (Lipinski definition) is 0. The summed E-state index contributed by atoms with van der Waals surface area (Å²) in [5.74, 6) is 1.62. The fourth-order valence-electron chi connectivity index (χ4n) is 3.13. The lowest BCUT2D eigenvalue weighted by Gasteiger charge is -2.29. The molecule has 0 amide bonds. The van der Waals surface area contributed by atoms with Crippen LogP contribution in [-0.4, -0.2) is 54.4 Å². The molecular weight excluding hydrogens is 352 g/mol. The number of nitro benzene ring substituents is 1. The molecule has 2 unspecified atom stereocenters. The highest BCUT2D eigenvalue weighted by molar-refractivity contribution is 7.99. The van der Waals surface area contributed by atoms with E-state index in [1.165, 1.54) is 28.6 Å². The van der Waals surface area contributed by atoms with Crippen molar-refractivity contribution in [2.24, 2.45) is 0 Å². The number of ether oxygens (including phenoxy) is 1. The summed E-state index contributed by atoms with van der Waals surface area (Å²) >= 11 is 1.71. The summed E-state index contributed by atoms with van der Waals surface area (Å²) in [5, 5.41) is 11.3. The van der Waals surface area contributed by atoms with Crippen molar-refractivity contribution < 1.29 is 18.1 Å². The number of nitro groups is 1. The van der Waals surface area contributed by atoms with Crippen molar-refractivity contribution in [1.29, 1.82) is 0 Å². The minimum Gasteiger partial charge on any atom is -0.377 e. The van der Waals surface area contributed by atoms with Gasteiger partial charge < -0.3 is 4.74 Å². The van der Waals surface area contributed by atoms with Crippen molar-refractivity contribution in [3.63, 3.8) is 0 Å². The van der Waals surface area contributed by atoms with Crippen LogP contribution in [0.1, 0.15) is 19.3 Å². The Morgan fingerprint density at radius 1 is 1.33 bits per heavy atom. The molecule has 7 nitrogen and oxygen atoms in total. The summed E-state index contributed by atoms with van der Waals surface area (Å²) in [7, 11) is -3.95. The van der Waals surface area contributed by atoms with Crippen molar-refractivity contribution in [2.75, 3.05) is 24.7 Å². The summed E-state index contributed by atoms with van der Waals surface area (Å²) in [5.41, 5.74) is -0.375. The van der Waals surface area contributed by atoms with Gasteiger partial charge in [-0.3, -0.25) is 10.1 Å². The standard InChI is InChI=1S/C15H20N2O5S2/c18-17(19)14-5-1-2-6-15(14)24(20,21)16(12-7-9-23-11-12)10-13-4-3-8-22-13/h1-2,5-6,12-13H,3-4,7-11H2. The molecule has 3 rings (SSSR count). The molecule has 1 aromatic carbocycles. The topological polar surface area (TPSA) is 89.8 Å². The first kappa shape index (κ1) is 17.7. The van der Waals surface area contributed by atoms with Gasteiger partial charge in [0.2, 0.25) is 10.0 Å². The van der Waals surface area contributed by atoms with Crippen molar-refractivity contribution in [1.82, 2.24) is 4.31 Å². The SMILES string of the molecule is O=[N+]([O-])c1ccccc1S(=O)(=O)N(CC1CCCO1)C1CCSC1. The molecule has 2 aliphatic rings. The molecule has 0 aromatic heterocycles. The Labute approximate surface area is 145 Å². The van der Waals surface area contributed by atoms with Gasteiger partial charge >= 0.3 is 0 Å². The van der Waals surface area contributed by atoms with Crippen LogP contribution < -0.4 is 0 Å². The van der Waals surface area contributed by atoms with E-state index in [2.05, 4.69) is 0 Å². The molecule has 1 aromatic rings. The van der Waals surface area contributed by atoms with E-state index < -0.39 is 14.9 Å². The Bertz CT molecular complexity index is 698. The van der Waals surface area contributed by atoms with Crippen LogP contribution in [-0.2, 0) is 14.8 Å². The molecule has 0 bridgehead atoms. The van der Waals surface area contributed by atoms with Gasteiger partial charge in [0.05, 0.1) is 11.0 Å². The molecule has 132 valence electrons. The summed E-state index contributed by atoms with van der Waals surface area (Å²) < 4.78 is 33.4. The molecule has 9 heteroatoms. The van der Waals surface area contributed by atoms with Gasteiger partial charge in [0, 0.05) is 31.0 Å². The van der Waals surface area contributed by atoms with E-state index in [0.29, 0.717) is 12.4 Å². The first-order valence-corrected chi connectivity index (χ1v) is 10.5. The average Bonchev–Trinajstić information content (AvgIpc) is 3.26. The first-order chi connectivity index (χ1) is 11.5. The van der Waals surface area contributed by atoms with Crippen molar-refractivity contribution in [3.05, 3.63) is 34.4 Å². The predicted octanol–water partition coefficient (Wildman–Crippen LogP) is 2.27. The summed E-state index contributed by atoms with van der Waals surface area (Å²) in [6, 6.07) is 5.42. The molecule has 2 heterocycles. The highest BCUT2D eigenvalue weighted by atomic mass is 32.2. The first-order valence-electron chi connectivity index (χ1n) is 7.95. The van der Waals surface area contributed by atoms with Gasteiger partial charge in [-0.1, -0.05) is 12.1 Å². The number of rotatable bonds is 6. The van der Waals surface area contributed by atoms with E-state index >= 15 is 0 Å². The molecule has 24 heavy (non-hydrogen) atoms. The summed E-state index contributed by atoms with van der Waals surface area (Å²) in [6.07, 6.45) is 2.37. The largest absolute Gasteiger partial charge is 0.377 e. The lowest BCUT2D eigenvalue weighted by Crippen LogP contribution is -2.44. The fraction of sp³-hybridized carbons (Fsp3) is 0.600. The lowest BCUT2D eigenvalue weighted by molar-refractivity contribution is -0.387. The third-order valence-corrected chi connectivity index (χ3v) is 7.48. The van der Waals surface area contributed by atoms with Crippen LogP contribution >= 0.6 is 11.8 Å². The zero-order chi connectivity index (χ0) is 17.2. The predicted molar refractivity (Wildman–Crippen MR) is 91.7 cm³/mol. The van der Waals surface area contributed by atoms with Crippen LogP contribution in [0.3, 0.4) is 0 Å². The molecule has 2 atom stereocenters. The van der Waals surface area contributed by atoms with Crippen LogP contribution in [0, 0.1) is 10.1 Å². The Hall–Kier alpha value is -1.16. The smallest absolute Gasteiger partial charge is 0.289 e. The zero-order valence-electron chi connectivity index (χ0n) is 13.2. The molecular formula is C15H20N2O5S2. The number of sulfonamides is 1. The number of para-hydroxylation sites is 1. The van der Waals surface area contributed by atoms with Crippen molar-refractivity contribution in [3.8, 4) is 0 Å². The van der Waals surface area contributed by atoms with Gasteiger partial charge in [0.25, 0.3) is 5.69 Å². The van der Waals surface area contributed by atoms with Crippen LogP contribution in [0.4, 0.5) is 5.69 Å². The maximum Gasteiger partial charge on any atom is 0.289 e. The molecule has 0 radical (unpaired) electrons. The quantitative estimate of drug-likeness (QED) is 0.562. The van der Waals surface area contributed by atoms with Gasteiger partial charge in [0.15, 0.2) is 4.90 Å². The van der Waals surface area contributed by atoms with Gasteiger partial charge in [-0.05, 0) is 31.1 Å². The van der Waals surface area contributed by atoms with Crippen LogP contribution in [0.2, 0.25) is 0 Å². The Balaban J connectivity index is 1.97. The maximum atomic E-state index is 13.2. The third kappa shape index (κ3) is 3.58. The van der Waals surface area contributed by atoms with E-state index in [4.69, 9.17) is 4.74 Å². The molecule has 0 saturated carbocycles. The number of thioether (sulfide) groups is 1. The number of nitrogens with zero attached hydrogens (tertiary/aromatic N) is 2. The van der Waals surface area contributed by atoms with E-state index in [1.807, 2.05) is 0 Å². The summed E-state index contributed by atoms with van der Waals surface area (Å²) in [4.78, 5) is 10.4. The second-order valence-electron chi connectivity index (χ2n) is 5.95. The highest BCUT2D eigenvalue weighted by Gasteiger charge is 2.39. The Kier molecular flexibility index (Phi) is 5.43. The average molecular weight is 372 g/mol. The van der Waals surface area contributed by atoms with E-state index in [1.54, 1.807) is 11.8 Å². The molecule has 0 spiro atoms. The zero-order valence-corrected chi connectivity index (χ0v) is 14.8. The van der Waals surface area contributed by atoms with Crippen LogP contribution in [0.25, 0.3) is 0 Å². The lowest BCUT2D eigenvalue weighted by atomic mass is 10.2. The molecule has 2 fully saturated rings. The number of benzene rings is 1. The fourth-order valence-corrected chi connectivity index (χ4v) is 6.30. The van der Waals surface area contributed by atoms with E-state index in [-0.39, 0.29) is 29.3 Å². The van der Waals surface area contributed by atoms with Crippen molar-refractivity contribution in [2.45, 2.75) is 36.3 Å². The maximum absolute atomic E-state index is 13.2. The second kappa shape index (κ2) is 7.38.